The van der Waals surface area contributed by atoms with E-state index in [-0.39, 0.29) is 31.4 Å². The number of methoxy groups -OCH3 is 1. The molecule has 0 saturated carbocycles. The summed E-state index contributed by atoms with van der Waals surface area (Å²) in [6.45, 7) is 7.90. The van der Waals surface area contributed by atoms with Crippen LogP contribution in [0.3, 0.4) is 0 Å². The summed E-state index contributed by atoms with van der Waals surface area (Å²) >= 11 is 0. The van der Waals surface area contributed by atoms with Crippen LogP contribution in [0, 0.1) is 0 Å². The van der Waals surface area contributed by atoms with E-state index in [1.165, 1.54) is 7.11 Å². The van der Waals surface area contributed by atoms with Gasteiger partial charge in [0.05, 0.1) is 31.9 Å². The number of aromatic nitrogens is 2. The fraction of sp³-hybridized carbons (Fsp3) is 0.706. The Labute approximate surface area is 148 Å². The van der Waals surface area contributed by atoms with Crippen LogP contribution in [0.4, 0.5) is 0 Å². The maximum Gasteiger partial charge on any atom is 0.272 e. The van der Waals surface area contributed by atoms with Gasteiger partial charge in [-0.1, -0.05) is 13.8 Å². The highest BCUT2D eigenvalue weighted by Crippen LogP contribution is 2.24. The summed E-state index contributed by atoms with van der Waals surface area (Å²) in [5, 5.41) is 4.50. The minimum absolute atomic E-state index is 0.00883. The van der Waals surface area contributed by atoms with Gasteiger partial charge in [0.25, 0.3) is 5.91 Å². The van der Waals surface area contributed by atoms with Crippen molar-refractivity contribution in [3.8, 4) is 0 Å². The number of ether oxygens (including phenoxy) is 2. The quantitative estimate of drug-likeness (QED) is 0.781. The molecule has 0 bridgehead atoms. The maximum atomic E-state index is 13.0. The van der Waals surface area contributed by atoms with Crippen LogP contribution >= 0.6 is 0 Å². The molecule has 8 heteroatoms. The summed E-state index contributed by atoms with van der Waals surface area (Å²) in [4.78, 5) is 26.2. The molecule has 1 atom stereocenters. The van der Waals surface area contributed by atoms with Crippen molar-refractivity contribution < 1.29 is 19.1 Å². The van der Waals surface area contributed by atoms with E-state index in [0.717, 1.165) is 5.69 Å². The van der Waals surface area contributed by atoms with Gasteiger partial charge in [-0.2, -0.15) is 5.10 Å². The molecule has 140 valence electrons. The predicted molar refractivity (Wildman–Crippen MR) is 92.3 cm³/mol. The van der Waals surface area contributed by atoms with E-state index in [0.29, 0.717) is 25.4 Å². The number of rotatable bonds is 7. The third-order valence-corrected chi connectivity index (χ3v) is 4.35. The number of hydrogen-bond acceptors (Lipinski definition) is 5. The molecule has 1 aromatic heterocycles. The highest BCUT2D eigenvalue weighted by atomic mass is 16.5. The Kier molecular flexibility index (Phi) is 6.18. The number of amides is 2. The van der Waals surface area contributed by atoms with Crippen molar-refractivity contribution in [3.05, 3.63) is 17.5 Å². The Morgan fingerprint density at radius 1 is 1.48 bits per heavy atom. The zero-order valence-corrected chi connectivity index (χ0v) is 15.4. The second-order valence-electron chi connectivity index (χ2n) is 6.76. The molecule has 1 fully saturated rings. The van der Waals surface area contributed by atoms with Gasteiger partial charge >= 0.3 is 0 Å². The number of nitrogens with two attached hydrogens (primary N) is 1. The highest BCUT2D eigenvalue weighted by molar-refractivity contribution is 5.93. The zero-order chi connectivity index (χ0) is 18.6. The first-order valence-electron chi connectivity index (χ1n) is 8.60. The summed E-state index contributed by atoms with van der Waals surface area (Å²) in [5.41, 5.74) is 5.91. The van der Waals surface area contributed by atoms with Crippen molar-refractivity contribution >= 4 is 11.8 Å². The minimum Gasteiger partial charge on any atom is -0.382 e. The van der Waals surface area contributed by atoms with E-state index in [1.807, 2.05) is 26.8 Å². The fourth-order valence-corrected chi connectivity index (χ4v) is 3.14. The van der Waals surface area contributed by atoms with Crippen molar-refractivity contribution in [1.29, 1.82) is 0 Å². The summed E-state index contributed by atoms with van der Waals surface area (Å²) in [6, 6.07) is 1.85. The summed E-state index contributed by atoms with van der Waals surface area (Å²) in [6.07, 6.45) is 0.00883. The zero-order valence-electron chi connectivity index (χ0n) is 15.4. The molecule has 1 unspecified atom stereocenters. The van der Waals surface area contributed by atoms with Crippen molar-refractivity contribution in [1.82, 2.24) is 14.7 Å². The number of primary amides is 1. The Hall–Kier alpha value is -1.93. The second-order valence-corrected chi connectivity index (χ2v) is 6.76. The van der Waals surface area contributed by atoms with Crippen LogP contribution in [-0.4, -0.2) is 65.5 Å². The standard InChI is InChI=1S/C17H28N4O4/c1-5-21-14(8-13(19-21)12(2)3)16(23)20-6-7-25-17(10-20,11-24-4)9-15(18)22/h8,12H,5-7,9-11H2,1-4H3,(H2,18,22). The van der Waals surface area contributed by atoms with Crippen molar-refractivity contribution in [2.75, 3.05) is 33.4 Å². The van der Waals surface area contributed by atoms with Gasteiger partial charge in [0, 0.05) is 20.2 Å². The molecule has 1 aromatic rings. The molecule has 2 amide bonds. The molecular formula is C17H28N4O4. The van der Waals surface area contributed by atoms with Crippen molar-refractivity contribution in [2.24, 2.45) is 5.73 Å². The monoisotopic (exact) mass is 352 g/mol. The van der Waals surface area contributed by atoms with Crippen LogP contribution in [0.2, 0.25) is 0 Å². The van der Waals surface area contributed by atoms with Gasteiger partial charge in [-0.05, 0) is 18.9 Å². The lowest BCUT2D eigenvalue weighted by atomic mass is 9.97. The normalized spacial score (nSPS) is 20.9. The molecule has 2 heterocycles. The van der Waals surface area contributed by atoms with Crippen LogP contribution < -0.4 is 5.73 Å². The van der Waals surface area contributed by atoms with Crippen molar-refractivity contribution in [2.45, 2.75) is 45.3 Å². The lowest BCUT2D eigenvalue weighted by molar-refractivity contribution is -0.148. The van der Waals surface area contributed by atoms with E-state index in [2.05, 4.69) is 5.10 Å². The number of carbonyl (C=O) groups excluding carboxylic acids is 2. The molecule has 1 saturated heterocycles. The average molecular weight is 352 g/mol. The number of morpholine rings is 1. The Bertz CT molecular complexity index is 624. The van der Waals surface area contributed by atoms with Gasteiger partial charge in [-0.3, -0.25) is 14.3 Å². The molecule has 2 N–H and O–H groups in total. The molecule has 2 rings (SSSR count). The third-order valence-electron chi connectivity index (χ3n) is 4.35. The van der Waals surface area contributed by atoms with E-state index >= 15 is 0 Å². The van der Waals surface area contributed by atoms with Gasteiger partial charge in [0.15, 0.2) is 0 Å². The molecule has 1 aliphatic heterocycles. The maximum absolute atomic E-state index is 13.0. The second kappa shape index (κ2) is 7.97. The average Bonchev–Trinajstić information content (AvgIpc) is 2.98. The Morgan fingerprint density at radius 2 is 2.20 bits per heavy atom. The van der Waals surface area contributed by atoms with Crippen LogP contribution in [0.5, 0.6) is 0 Å². The smallest absolute Gasteiger partial charge is 0.272 e. The lowest BCUT2D eigenvalue weighted by Crippen LogP contribution is -2.57. The third kappa shape index (κ3) is 4.38. The largest absolute Gasteiger partial charge is 0.382 e. The number of nitrogens with zero attached hydrogens (tertiary/aromatic N) is 3. The first kappa shape index (κ1) is 19.4. The number of hydrogen-bond donors (Lipinski definition) is 1. The fourth-order valence-electron chi connectivity index (χ4n) is 3.14. The van der Waals surface area contributed by atoms with Gasteiger partial charge in [-0.25, -0.2) is 0 Å². The van der Waals surface area contributed by atoms with Crippen LogP contribution in [0.25, 0.3) is 0 Å². The number of aryl methyl sites for hydroxylation is 1. The Morgan fingerprint density at radius 3 is 2.76 bits per heavy atom. The first-order valence-corrected chi connectivity index (χ1v) is 8.60. The van der Waals surface area contributed by atoms with E-state index in [4.69, 9.17) is 15.2 Å². The van der Waals surface area contributed by atoms with Gasteiger partial charge in [0.2, 0.25) is 5.91 Å². The molecule has 0 radical (unpaired) electrons. The molecule has 0 aromatic carbocycles. The Balaban J connectivity index is 2.25. The topological polar surface area (TPSA) is 99.7 Å². The molecule has 0 spiro atoms. The van der Waals surface area contributed by atoms with Crippen LogP contribution in [-0.2, 0) is 20.8 Å². The molecule has 25 heavy (non-hydrogen) atoms. The summed E-state index contributed by atoms with van der Waals surface area (Å²) in [5.74, 6) is -0.354. The van der Waals surface area contributed by atoms with Crippen molar-refractivity contribution in [3.63, 3.8) is 0 Å². The van der Waals surface area contributed by atoms with E-state index in [9.17, 15) is 9.59 Å². The van der Waals surface area contributed by atoms with Crippen LogP contribution in [0.15, 0.2) is 6.07 Å². The van der Waals surface area contributed by atoms with Crippen LogP contribution in [0.1, 0.15) is 49.3 Å². The van der Waals surface area contributed by atoms with Gasteiger partial charge in [-0.15, -0.1) is 0 Å². The van der Waals surface area contributed by atoms with E-state index < -0.39 is 11.5 Å². The molecule has 1 aliphatic rings. The minimum atomic E-state index is -0.896. The van der Waals surface area contributed by atoms with Gasteiger partial charge in [0.1, 0.15) is 11.3 Å². The summed E-state index contributed by atoms with van der Waals surface area (Å²) in [7, 11) is 1.54. The predicted octanol–water partition coefficient (Wildman–Crippen LogP) is 0.759. The molecular weight excluding hydrogens is 324 g/mol. The first-order chi connectivity index (χ1) is 11.8. The SMILES string of the molecule is CCn1nc(C(C)C)cc1C(=O)N1CCOC(COC)(CC(N)=O)C1. The van der Waals surface area contributed by atoms with Gasteiger partial charge < -0.3 is 20.1 Å². The molecule has 0 aliphatic carbocycles. The molecule has 8 nitrogen and oxygen atoms in total. The number of carbonyl (C=O) groups is 2. The lowest BCUT2D eigenvalue weighted by Gasteiger charge is -2.41. The summed E-state index contributed by atoms with van der Waals surface area (Å²) < 4.78 is 12.7. The van der Waals surface area contributed by atoms with E-state index in [1.54, 1.807) is 9.58 Å². The highest BCUT2D eigenvalue weighted by Gasteiger charge is 2.40.